The van der Waals surface area contributed by atoms with Crippen LogP contribution in [0.5, 0.6) is 17.2 Å². The first-order chi connectivity index (χ1) is 14.4. The SMILES string of the molecule is CCOc1ccc(OCC(=O)NN2C(=O)N[C@@](C)(c3cccc(OC)c3)C2=O)cc1. The van der Waals surface area contributed by atoms with Crippen LogP contribution in [-0.4, -0.2) is 43.2 Å². The Morgan fingerprint density at radius 3 is 2.37 bits per heavy atom. The number of urea groups is 1. The van der Waals surface area contributed by atoms with Crippen LogP contribution in [0.3, 0.4) is 0 Å². The molecule has 1 heterocycles. The van der Waals surface area contributed by atoms with E-state index in [2.05, 4.69) is 10.7 Å². The fraction of sp³-hybridized carbons (Fsp3) is 0.286. The average Bonchev–Trinajstić information content (AvgIpc) is 2.97. The van der Waals surface area contributed by atoms with Crippen molar-refractivity contribution in [3.63, 3.8) is 0 Å². The Bertz CT molecular complexity index is 946. The van der Waals surface area contributed by atoms with Crippen molar-refractivity contribution < 1.29 is 28.6 Å². The van der Waals surface area contributed by atoms with Crippen LogP contribution in [0.1, 0.15) is 19.4 Å². The fourth-order valence-corrected chi connectivity index (χ4v) is 2.97. The molecular weight excluding hydrogens is 390 g/mol. The first-order valence-electron chi connectivity index (χ1n) is 9.33. The predicted octanol–water partition coefficient (Wildman–Crippen LogP) is 1.97. The summed E-state index contributed by atoms with van der Waals surface area (Å²) >= 11 is 0. The summed E-state index contributed by atoms with van der Waals surface area (Å²) in [6, 6.07) is 12.8. The average molecular weight is 413 g/mol. The van der Waals surface area contributed by atoms with Gasteiger partial charge in [0.2, 0.25) is 0 Å². The standard InChI is InChI=1S/C21H23N3O6/c1-4-29-15-8-10-16(11-9-15)30-13-18(25)23-24-19(26)21(2,22-20(24)27)14-6-5-7-17(12-14)28-3/h5-12H,4,13H2,1-3H3,(H,22,27)(H,23,25)/t21-/m0/s1. The Kier molecular flexibility index (Phi) is 6.10. The Balaban J connectivity index is 1.62. The van der Waals surface area contributed by atoms with Gasteiger partial charge in [0.25, 0.3) is 11.8 Å². The zero-order valence-electron chi connectivity index (χ0n) is 16.9. The zero-order chi connectivity index (χ0) is 21.7. The van der Waals surface area contributed by atoms with Crippen molar-refractivity contribution in [2.45, 2.75) is 19.4 Å². The monoisotopic (exact) mass is 413 g/mol. The lowest BCUT2D eigenvalue weighted by Gasteiger charge is -2.22. The highest BCUT2D eigenvalue weighted by Gasteiger charge is 2.50. The number of hydrogen-bond donors (Lipinski definition) is 2. The smallest absolute Gasteiger partial charge is 0.344 e. The number of imide groups is 1. The molecule has 0 bridgehead atoms. The highest BCUT2D eigenvalue weighted by atomic mass is 16.5. The number of rotatable bonds is 8. The van der Waals surface area contributed by atoms with Crippen molar-refractivity contribution in [1.82, 2.24) is 15.8 Å². The second kappa shape index (κ2) is 8.73. The van der Waals surface area contributed by atoms with Crippen LogP contribution in [0, 0.1) is 0 Å². The van der Waals surface area contributed by atoms with Gasteiger partial charge in [-0.15, -0.1) is 0 Å². The highest BCUT2D eigenvalue weighted by Crippen LogP contribution is 2.30. The largest absolute Gasteiger partial charge is 0.497 e. The molecule has 0 radical (unpaired) electrons. The van der Waals surface area contributed by atoms with E-state index in [1.807, 2.05) is 6.92 Å². The van der Waals surface area contributed by atoms with Crippen LogP contribution in [0.15, 0.2) is 48.5 Å². The van der Waals surface area contributed by atoms with Crippen molar-refractivity contribution >= 4 is 17.8 Å². The molecule has 158 valence electrons. The number of carbonyl (C=O) groups excluding carboxylic acids is 3. The Morgan fingerprint density at radius 2 is 1.73 bits per heavy atom. The number of nitrogens with one attached hydrogen (secondary N) is 2. The number of carbonyl (C=O) groups is 3. The van der Waals surface area contributed by atoms with E-state index < -0.39 is 23.4 Å². The molecule has 3 rings (SSSR count). The van der Waals surface area contributed by atoms with E-state index in [0.717, 1.165) is 0 Å². The molecule has 0 unspecified atom stereocenters. The molecule has 2 aromatic carbocycles. The van der Waals surface area contributed by atoms with Gasteiger partial charge >= 0.3 is 6.03 Å². The summed E-state index contributed by atoms with van der Waals surface area (Å²) < 4.78 is 15.9. The lowest BCUT2D eigenvalue weighted by molar-refractivity contribution is -0.139. The molecule has 0 aromatic heterocycles. The molecule has 1 atom stereocenters. The first kappa shape index (κ1) is 21.0. The molecule has 9 heteroatoms. The summed E-state index contributed by atoms with van der Waals surface area (Å²) in [4.78, 5) is 37.4. The summed E-state index contributed by atoms with van der Waals surface area (Å²) in [5.41, 5.74) is 1.48. The minimum atomic E-state index is -1.34. The van der Waals surface area contributed by atoms with Crippen LogP contribution in [0.25, 0.3) is 0 Å². The van der Waals surface area contributed by atoms with E-state index in [1.165, 1.54) is 7.11 Å². The van der Waals surface area contributed by atoms with Gasteiger partial charge in [-0.3, -0.25) is 15.0 Å². The maximum absolute atomic E-state index is 12.9. The third kappa shape index (κ3) is 4.29. The van der Waals surface area contributed by atoms with Gasteiger partial charge in [-0.25, -0.2) is 4.79 Å². The number of ether oxygens (including phenoxy) is 3. The molecule has 9 nitrogen and oxygen atoms in total. The van der Waals surface area contributed by atoms with Gasteiger partial charge in [0.15, 0.2) is 6.61 Å². The van der Waals surface area contributed by atoms with E-state index in [9.17, 15) is 14.4 Å². The Hall–Kier alpha value is -3.75. The molecule has 0 saturated carbocycles. The second-order valence-corrected chi connectivity index (χ2v) is 6.66. The maximum Gasteiger partial charge on any atom is 0.344 e. The highest BCUT2D eigenvalue weighted by molar-refractivity contribution is 6.08. The third-order valence-electron chi connectivity index (χ3n) is 4.58. The Morgan fingerprint density at radius 1 is 1.07 bits per heavy atom. The number of hydrogen-bond acceptors (Lipinski definition) is 6. The van der Waals surface area contributed by atoms with Crippen LogP contribution in [0.2, 0.25) is 0 Å². The summed E-state index contributed by atoms with van der Waals surface area (Å²) in [6.45, 7) is 3.61. The number of nitrogens with zero attached hydrogens (tertiary/aromatic N) is 1. The van der Waals surface area contributed by atoms with Crippen LogP contribution < -0.4 is 25.0 Å². The van der Waals surface area contributed by atoms with Crippen molar-refractivity contribution in [3.05, 3.63) is 54.1 Å². The molecule has 1 saturated heterocycles. The molecule has 1 aliphatic rings. The van der Waals surface area contributed by atoms with Gasteiger partial charge in [0, 0.05) is 0 Å². The van der Waals surface area contributed by atoms with Crippen molar-refractivity contribution in [3.8, 4) is 17.2 Å². The molecule has 1 fully saturated rings. The van der Waals surface area contributed by atoms with Crippen LogP contribution >= 0.6 is 0 Å². The summed E-state index contributed by atoms with van der Waals surface area (Å²) in [6.07, 6.45) is 0. The topological polar surface area (TPSA) is 106 Å². The Labute approximate surface area is 173 Å². The van der Waals surface area contributed by atoms with E-state index in [0.29, 0.717) is 34.4 Å². The number of methoxy groups -OCH3 is 1. The number of benzene rings is 2. The molecule has 1 aliphatic heterocycles. The van der Waals surface area contributed by atoms with Crippen molar-refractivity contribution in [2.75, 3.05) is 20.3 Å². The molecule has 2 N–H and O–H groups in total. The lowest BCUT2D eigenvalue weighted by atomic mass is 9.92. The number of amides is 4. The molecule has 30 heavy (non-hydrogen) atoms. The third-order valence-corrected chi connectivity index (χ3v) is 4.58. The van der Waals surface area contributed by atoms with Gasteiger partial charge in [-0.05, 0) is 55.8 Å². The van der Waals surface area contributed by atoms with E-state index in [1.54, 1.807) is 55.5 Å². The van der Waals surface area contributed by atoms with Gasteiger partial charge in [-0.2, -0.15) is 5.01 Å². The van der Waals surface area contributed by atoms with E-state index in [4.69, 9.17) is 14.2 Å². The summed E-state index contributed by atoms with van der Waals surface area (Å²) in [5.74, 6) is 0.414. The molecule has 0 spiro atoms. The minimum absolute atomic E-state index is 0.374. The predicted molar refractivity (Wildman–Crippen MR) is 107 cm³/mol. The lowest BCUT2D eigenvalue weighted by Crippen LogP contribution is -2.49. The van der Waals surface area contributed by atoms with Gasteiger partial charge < -0.3 is 19.5 Å². The molecule has 0 aliphatic carbocycles. The second-order valence-electron chi connectivity index (χ2n) is 6.66. The molecular formula is C21H23N3O6. The van der Waals surface area contributed by atoms with Crippen LogP contribution in [-0.2, 0) is 15.1 Å². The van der Waals surface area contributed by atoms with Gasteiger partial charge in [0.05, 0.1) is 13.7 Å². The fourth-order valence-electron chi connectivity index (χ4n) is 2.97. The molecule has 2 aromatic rings. The quantitative estimate of drug-likeness (QED) is 0.641. The summed E-state index contributed by atoms with van der Waals surface area (Å²) in [5, 5.41) is 3.26. The summed E-state index contributed by atoms with van der Waals surface area (Å²) in [7, 11) is 1.51. The molecule has 4 amide bonds. The minimum Gasteiger partial charge on any atom is -0.497 e. The van der Waals surface area contributed by atoms with Crippen molar-refractivity contribution in [2.24, 2.45) is 0 Å². The van der Waals surface area contributed by atoms with Crippen molar-refractivity contribution in [1.29, 1.82) is 0 Å². The van der Waals surface area contributed by atoms with Gasteiger partial charge in [-0.1, -0.05) is 12.1 Å². The van der Waals surface area contributed by atoms with Gasteiger partial charge in [0.1, 0.15) is 22.8 Å². The normalized spacial score (nSPS) is 18.0. The van der Waals surface area contributed by atoms with Crippen LogP contribution in [0.4, 0.5) is 4.79 Å². The number of hydrazine groups is 1. The van der Waals surface area contributed by atoms with E-state index in [-0.39, 0.29) is 6.61 Å². The maximum atomic E-state index is 12.9. The zero-order valence-corrected chi connectivity index (χ0v) is 16.9. The van der Waals surface area contributed by atoms with E-state index >= 15 is 0 Å². The first-order valence-corrected chi connectivity index (χ1v) is 9.33.